The lowest BCUT2D eigenvalue weighted by Crippen LogP contribution is -2.52. The molecule has 0 aromatic carbocycles. The van der Waals surface area contributed by atoms with E-state index in [2.05, 4.69) is 4.98 Å². The summed E-state index contributed by atoms with van der Waals surface area (Å²) in [5, 5.41) is 0. The van der Waals surface area contributed by atoms with Crippen LogP contribution in [0.25, 0.3) is 0 Å². The molecule has 180 valence electrons. The molecule has 1 aromatic rings. The summed E-state index contributed by atoms with van der Waals surface area (Å²) in [5.74, 6) is 1.03. The van der Waals surface area contributed by atoms with Gasteiger partial charge in [0.1, 0.15) is 6.61 Å². The van der Waals surface area contributed by atoms with Crippen molar-refractivity contribution in [3.05, 3.63) is 23.9 Å². The number of nitrogens with two attached hydrogens (primary N) is 1. The van der Waals surface area contributed by atoms with E-state index in [-0.39, 0.29) is 37.2 Å². The average Bonchev–Trinajstić information content (AvgIpc) is 3.23. The van der Waals surface area contributed by atoms with Crippen molar-refractivity contribution < 1.29 is 21.6 Å². The van der Waals surface area contributed by atoms with Crippen molar-refractivity contribution in [1.29, 1.82) is 0 Å². The van der Waals surface area contributed by atoms with Crippen molar-refractivity contribution in [3.8, 4) is 5.88 Å². The third-order valence-corrected chi connectivity index (χ3v) is 10.8. The van der Waals surface area contributed by atoms with Gasteiger partial charge in [0.05, 0.1) is 17.5 Å². The van der Waals surface area contributed by atoms with Crippen LogP contribution in [0.4, 0.5) is 0 Å². The fourth-order valence-electron chi connectivity index (χ4n) is 5.22. The minimum Gasteiger partial charge on any atom is -0.476 e. The molecule has 2 N–H and O–H groups in total. The number of ether oxygens (including phenoxy) is 1. The molecule has 9 nitrogen and oxygen atoms in total. The van der Waals surface area contributed by atoms with Crippen molar-refractivity contribution in [2.75, 3.05) is 37.7 Å². The smallest absolute Gasteiger partial charge is 0.282 e. The topological polar surface area (TPSA) is 123 Å². The zero-order valence-corrected chi connectivity index (χ0v) is 20.1. The standard InChI is InChI=1S/C21H34N4O5S2/c22-14-17-6-7-23-21(12-17)30-16-20-13-19(18-4-2-1-3-5-18)15-25(20)32(28,29)24-8-10-31(26,27)11-9-24/h6-7,12,18-20H,1-5,8-11,13-16,22H2/t19-,20+/m1/s1. The summed E-state index contributed by atoms with van der Waals surface area (Å²) in [5.41, 5.74) is 6.60. The first-order chi connectivity index (χ1) is 15.3. The van der Waals surface area contributed by atoms with E-state index in [0.29, 0.717) is 30.8 Å². The Morgan fingerprint density at radius 2 is 1.84 bits per heavy atom. The van der Waals surface area contributed by atoms with E-state index < -0.39 is 20.0 Å². The van der Waals surface area contributed by atoms with Crippen LogP contribution in [0, 0.1) is 11.8 Å². The van der Waals surface area contributed by atoms with Crippen LogP contribution < -0.4 is 10.5 Å². The van der Waals surface area contributed by atoms with Crippen LogP contribution in [0.1, 0.15) is 44.1 Å². The van der Waals surface area contributed by atoms with E-state index >= 15 is 0 Å². The Balaban J connectivity index is 1.50. The van der Waals surface area contributed by atoms with Gasteiger partial charge in [0.25, 0.3) is 10.2 Å². The maximum Gasteiger partial charge on any atom is 0.282 e. The number of hydrogen-bond donors (Lipinski definition) is 1. The average molecular weight is 487 g/mol. The van der Waals surface area contributed by atoms with E-state index in [4.69, 9.17) is 10.5 Å². The molecular formula is C21H34N4O5S2. The number of nitrogens with zero attached hydrogens (tertiary/aromatic N) is 3. The molecule has 1 aliphatic carbocycles. The summed E-state index contributed by atoms with van der Waals surface area (Å²) in [6, 6.07) is 3.30. The zero-order valence-electron chi connectivity index (χ0n) is 18.4. The summed E-state index contributed by atoms with van der Waals surface area (Å²) in [7, 11) is -6.93. The molecule has 11 heteroatoms. The predicted octanol–water partition coefficient (Wildman–Crippen LogP) is 1.17. The number of hydrogen-bond acceptors (Lipinski definition) is 7. The highest BCUT2D eigenvalue weighted by atomic mass is 32.2. The van der Waals surface area contributed by atoms with Crippen molar-refractivity contribution in [2.24, 2.45) is 17.6 Å². The molecule has 0 bridgehead atoms. The van der Waals surface area contributed by atoms with Crippen molar-refractivity contribution in [2.45, 2.75) is 51.1 Å². The van der Waals surface area contributed by atoms with E-state index in [0.717, 1.165) is 24.8 Å². The molecule has 4 rings (SSSR count). The van der Waals surface area contributed by atoms with Gasteiger partial charge in [-0.1, -0.05) is 32.1 Å². The summed E-state index contributed by atoms with van der Waals surface area (Å²) >= 11 is 0. The molecule has 0 radical (unpaired) electrons. The summed E-state index contributed by atoms with van der Waals surface area (Å²) in [6.07, 6.45) is 8.35. The SMILES string of the molecule is NCc1ccnc(OC[C@@H]2C[C@@H](C3CCCCC3)CN2S(=O)(=O)N2CCS(=O)(=O)CC2)c1. The maximum atomic E-state index is 13.5. The molecule has 2 atom stereocenters. The second-order valence-corrected chi connectivity index (χ2v) is 13.4. The van der Waals surface area contributed by atoms with Crippen LogP contribution in [0.5, 0.6) is 5.88 Å². The van der Waals surface area contributed by atoms with Crippen LogP contribution in [0.2, 0.25) is 0 Å². The second kappa shape index (κ2) is 9.92. The number of aromatic nitrogens is 1. The van der Waals surface area contributed by atoms with Crippen LogP contribution in [0.15, 0.2) is 18.3 Å². The van der Waals surface area contributed by atoms with Crippen LogP contribution in [-0.2, 0) is 26.6 Å². The van der Waals surface area contributed by atoms with E-state index in [1.807, 2.05) is 6.07 Å². The van der Waals surface area contributed by atoms with E-state index in [1.54, 1.807) is 16.6 Å². The maximum absolute atomic E-state index is 13.5. The molecule has 3 heterocycles. The molecule has 1 aromatic heterocycles. The van der Waals surface area contributed by atoms with Gasteiger partial charge in [-0.05, 0) is 29.9 Å². The Morgan fingerprint density at radius 1 is 1.12 bits per heavy atom. The van der Waals surface area contributed by atoms with Gasteiger partial charge in [-0.2, -0.15) is 17.0 Å². The second-order valence-electron chi connectivity index (χ2n) is 9.19. The Morgan fingerprint density at radius 3 is 2.53 bits per heavy atom. The molecule has 3 fully saturated rings. The van der Waals surface area contributed by atoms with Crippen molar-refractivity contribution in [3.63, 3.8) is 0 Å². The Bertz CT molecular complexity index is 981. The highest BCUT2D eigenvalue weighted by Crippen LogP contribution is 2.39. The van der Waals surface area contributed by atoms with E-state index in [1.165, 1.54) is 23.6 Å². The largest absolute Gasteiger partial charge is 0.476 e. The Kier molecular flexibility index (Phi) is 7.40. The number of pyridine rings is 1. The number of rotatable bonds is 7. The summed E-state index contributed by atoms with van der Waals surface area (Å²) in [6.45, 7) is 1.10. The lowest BCUT2D eigenvalue weighted by Gasteiger charge is -2.33. The molecule has 0 unspecified atom stereocenters. The van der Waals surface area contributed by atoms with Gasteiger partial charge in [0.2, 0.25) is 5.88 Å². The predicted molar refractivity (Wildman–Crippen MR) is 122 cm³/mol. The molecule has 1 saturated carbocycles. The Hall–Kier alpha value is -1.27. The van der Waals surface area contributed by atoms with Gasteiger partial charge >= 0.3 is 0 Å². The molecule has 2 aliphatic heterocycles. The molecule has 3 aliphatic rings. The zero-order chi connectivity index (χ0) is 22.8. The fraction of sp³-hybridized carbons (Fsp3) is 0.762. The first-order valence-corrected chi connectivity index (χ1v) is 14.8. The van der Waals surface area contributed by atoms with Gasteiger partial charge in [-0.25, -0.2) is 13.4 Å². The van der Waals surface area contributed by atoms with Gasteiger partial charge < -0.3 is 10.5 Å². The van der Waals surface area contributed by atoms with Crippen LogP contribution in [0.3, 0.4) is 0 Å². The minimum absolute atomic E-state index is 0.0168. The molecule has 0 spiro atoms. The van der Waals surface area contributed by atoms with Gasteiger partial charge in [0.15, 0.2) is 9.84 Å². The normalized spacial score (nSPS) is 28.0. The molecule has 32 heavy (non-hydrogen) atoms. The van der Waals surface area contributed by atoms with Gasteiger partial charge in [0, 0.05) is 38.4 Å². The first kappa shape index (κ1) is 23.9. The Labute approximate surface area is 191 Å². The van der Waals surface area contributed by atoms with Gasteiger partial charge in [-0.3, -0.25) is 0 Å². The third kappa shape index (κ3) is 5.44. The fourth-order valence-corrected chi connectivity index (χ4v) is 8.49. The van der Waals surface area contributed by atoms with Crippen LogP contribution in [-0.4, -0.2) is 74.2 Å². The molecule has 2 saturated heterocycles. The van der Waals surface area contributed by atoms with Crippen molar-refractivity contribution >= 4 is 20.0 Å². The van der Waals surface area contributed by atoms with Crippen molar-refractivity contribution in [1.82, 2.24) is 13.6 Å². The third-order valence-electron chi connectivity index (χ3n) is 7.10. The highest BCUT2D eigenvalue weighted by molar-refractivity contribution is 7.91. The number of sulfone groups is 1. The summed E-state index contributed by atoms with van der Waals surface area (Å²) in [4.78, 5) is 4.23. The minimum atomic E-state index is -3.77. The van der Waals surface area contributed by atoms with Gasteiger partial charge in [-0.15, -0.1) is 0 Å². The highest BCUT2D eigenvalue weighted by Gasteiger charge is 2.45. The first-order valence-electron chi connectivity index (χ1n) is 11.5. The van der Waals surface area contributed by atoms with Crippen LogP contribution >= 0.6 is 0 Å². The molecule has 0 amide bonds. The lowest BCUT2D eigenvalue weighted by atomic mass is 9.79. The monoisotopic (exact) mass is 486 g/mol. The molecular weight excluding hydrogens is 452 g/mol. The lowest BCUT2D eigenvalue weighted by molar-refractivity contribution is 0.217. The van der Waals surface area contributed by atoms with E-state index in [9.17, 15) is 16.8 Å². The summed E-state index contributed by atoms with van der Waals surface area (Å²) < 4.78 is 59.5. The quantitative estimate of drug-likeness (QED) is 0.613.